The van der Waals surface area contributed by atoms with E-state index in [1.807, 2.05) is 38.1 Å². The summed E-state index contributed by atoms with van der Waals surface area (Å²) in [7, 11) is 0. The minimum absolute atomic E-state index is 0.00287. The zero-order valence-corrected chi connectivity index (χ0v) is 7.72. The first kappa shape index (κ1) is 8.05. The van der Waals surface area contributed by atoms with Crippen LogP contribution in [0.4, 0.5) is 5.69 Å². The Bertz CT molecular complexity index is 405. The molecule has 0 saturated heterocycles. The van der Waals surface area contributed by atoms with Gasteiger partial charge in [-0.2, -0.15) is 0 Å². The maximum absolute atomic E-state index is 11.4. The van der Waals surface area contributed by atoms with E-state index in [-0.39, 0.29) is 5.91 Å². The fourth-order valence-electron chi connectivity index (χ4n) is 1.59. The predicted octanol–water partition coefficient (Wildman–Crippen LogP) is 2.35. The molecular weight excluding hydrogens is 162 g/mol. The molecule has 1 N–H and O–H groups in total. The Hall–Kier alpha value is -1.57. The monoisotopic (exact) mass is 173 g/mol. The van der Waals surface area contributed by atoms with E-state index in [1.165, 1.54) is 5.56 Å². The van der Waals surface area contributed by atoms with Gasteiger partial charge in [0.1, 0.15) is 0 Å². The van der Waals surface area contributed by atoms with Crippen molar-refractivity contribution in [3.63, 3.8) is 0 Å². The van der Waals surface area contributed by atoms with Crippen molar-refractivity contribution in [1.82, 2.24) is 0 Å². The topological polar surface area (TPSA) is 29.1 Å². The van der Waals surface area contributed by atoms with Gasteiger partial charge in [0.15, 0.2) is 0 Å². The third kappa shape index (κ3) is 1.15. The molecule has 0 unspecified atom stereocenters. The fourth-order valence-corrected chi connectivity index (χ4v) is 1.59. The van der Waals surface area contributed by atoms with Crippen molar-refractivity contribution in [3.05, 3.63) is 35.4 Å². The lowest BCUT2D eigenvalue weighted by Crippen LogP contribution is -2.03. The summed E-state index contributed by atoms with van der Waals surface area (Å²) < 4.78 is 0. The van der Waals surface area contributed by atoms with Gasteiger partial charge in [0.25, 0.3) is 5.91 Å². The molecule has 1 heterocycles. The number of carbonyl (C=O) groups is 1. The first-order valence-electron chi connectivity index (χ1n) is 4.31. The van der Waals surface area contributed by atoms with Crippen LogP contribution >= 0.6 is 0 Å². The number of rotatable bonds is 0. The number of anilines is 1. The Balaban J connectivity index is 2.63. The maximum Gasteiger partial charge on any atom is 0.256 e. The molecule has 1 aromatic rings. The summed E-state index contributed by atoms with van der Waals surface area (Å²) in [5.41, 5.74) is 3.89. The number of hydrogen-bond acceptors (Lipinski definition) is 1. The first-order chi connectivity index (χ1) is 6.22. The van der Waals surface area contributed by atoms with Crippen LogP contribution in [0.3, 0.4) is 0 Å². The third-order valence-electron chi connectivity index (χ3n) is 2.25. The van der Waals surface area contributed by atoms with Crippen molar-refractivity contribution in [2.75, 3.05) is 5.32 Å². The van der Waals surface area contributed by atoms with Crippen LogP contribution in [-0.2, 0) is 4.79 Å². The molecule has 0 aromatic heterocycles. The molecule has 2 nitrogen and oxygen atoms in total. The summed E-state index contributed by atoms with van der Waals surface area (Å²) in [5, 5.41) is 2.82. The Labute approximate surface area is 77.3 Å². The molecule has 0 aliphatic carbocycles. The van der Waals surface area contributed by atoms with E-state index in [9.17, 15) is 4.79 Å². The number of aryl methyl sites for hydroxylation is 1. The van der Waals surface area contributed by atoms with E-state index in [4.69, 9.17) is 0 Å². The van der Waals surface area contributed by atoms with Gasteiger partial charge in [-0.05, 0) is 26.0 Å². The van der Waals surface area contributed by atoms with Crippen molar-refractivity contribution in [2.24, 2.45) is 0 Å². The molecule has 0 radical (unpaired) electrons. The number of nitrogens with one attached hydrogen (secondary N) is 1. The normalized spacial score (nSPS) is 17.4. The Morgan fingerprint density at radius 2 is 2.15 bits per heavy atom. The van der Waals surface area contributed by atoms with Crippen LogP contribution in [0.1, 0.15) is 18.1 Å². The molecule has 1 aliphatic rings. The van der Waals surface area contributed by atoms with Crippen LogP contribution in [0.5, 0.6) is 0 Å². The summed E-state index contributed by atoms with van der Waals surface area (Å²) in [4.78, 5) is 11.4. The van der Waals surface area contributed by atoms with E-state index in [0.29, 0.717) is 0 Å². The molecular formula is C11H11NO. The molecule has 0 spiro atoms. The minimum Gasteiger partial charge on any atom is -0.321 e. The van der Waals surface area contributed by atoms with Crippen LogP contribution in [0.25, 0.3) is 5.57 Å². The van der Waals surface area contributed by atoms with Gasteiger partial charge in [-0.1, -0.05) is 17.7 Å². The zero-order chi connectivity index (χ0) is 9.42. The van der Waals surface area contributed by atoms with Gasteiger partial charge in [0.05, 0.1) is 0 Å². The maximum atomic E-state index is 11.4. The van der Waals surface area contributed by atoms with Crippen molar-refractivity contribution in [1.29, 1.82) is 0 Å². The lowest BCUT2D eigenvalue weighted by atomic mass is 10.0. The quantitative estimate of drug-likeness (QED) is 0.599. The number of carbonyl (C=O) groups excluding carboxylic acids is 1. The average molecular weight is 173 g/mol. The summed E-state index contributed by atoms with van der Waals surface area (Å²) in [6.07, 6.45) is 1.85. The summed E-state index contributed by atoms with van der Waals surface area (Å²) in [6, 6.07) is 5.97. The second kappa shape index (κ2) is 2.73. The van der Waals surface area contributed by atoms with Crippen LogP contribution in [0, 0.1) is 6.92 Å². The number of fused-ring (bicyclic) bond motifs is 1. The Kier molecular flexibility index (Phi) is 1.69. The highest BCUT2D eigenvalue weighted by Gasteiger charge is 2.22. The summed E-state index contributed by atoms with van der Waals surface area (Å²) >= 11 is 0. The molecule has 2 rings (SSSR count). The summed E-state index contributed by atoms with van der Waals surface area (Å²) in [5.74, 6) is 0.00287. The number of allylic oxidation sites excluding steroid dienone is 1. The van der Waals surface area contributed by atoms with Crippen LogP contribution in [0.2, 0.25) is 0 Å². The SMILES string of the molecule is C/C=C1\C(=O)Nc2ccc(C)cc21. The third-order valence-corrected chi connectivity index (χ3v) is 2.25. The second-order valence-corrected chi connectivity index (χ2v) is 3.21. The molecule has 1 amide bonds. The molecule has 66 valence electrons. The molecule has 0 saturated carbocycles. The molecule has 1 aliphatic heterocycles. The zero-order valence-electron chi connectivity index (χ0n) is 7.72. The highest BCUT2D eigenvalue weighted by atomic mass is 16.1. The fraction of sp³-hybridized carbons (Fsp3) is 0.182. The largest absolute Gasteiger partial charge is 0.321 e. The van der Waals surface area contributed by atoms with Gasteiger partial charge in [0, 0.05) is 16.8 Å². The standard InChI is InChI=1S/C11H11NO/c1-3-8-9-6-7(2)4-5-10(9)12-11(8)13/h3-6H,1-2H3,(H,12,13)/b8-3-. The highest BCUT2D eigenvalue weighted by molar-refractivity contribution is 6.31. The summed E-state index contributed by atoms with van der Waals surface area (Å²) in [6.45, 7) is 3.91. The number of benzene rings is 1. The predicted molar refractivity (Wildman–Crippen MR) is 53.5 cm³/mol. The van der Waals surface area contributed by atoms with Crippen molar-refractivity contribution in [2.45, 2.75) is 13.8 Å². The van der Waals surface area contributed by atoms with Crippen molar-refractivity contribution >= 4 is 17.2 Å². The van der Waals surface area contributed by atoms with Crippen LogP contribution in [-0.4, -0.2) is 5.91 Å². The molecule has 0 atom stereocenters. The van der Waals surface area contributed by atoms with Gasteiger partial charge in [-0.15, -0.1) is 0 Å². The number of amides is 1. The van der Waals surface area contributed by atoms with E-state index in [1.54, 1.807) is 0 Å². The second-order valence-electron chi connectivity index (χ2n) is 3.21. The van der Waals surface area contributed by atoms with E-state index in [2.05, 4.69) is 5.32 Å². The van der Waals surface area contributed by atoms with Gasteiger partial charge < -0.3 is 5.32 Å². The van der Waals surface area contributed by atoms with Crippen molar-refractivity contribution < 1.29 is 4.79 Å². The number of hydrogen-bond donors (Lipinski definition) is 1. The van der Waals surface area contributed by atoms with Crippen LogP contribution < -0.4 is 5.32 Å². The average Bonchev–Trinajstić information content (AvgIpc) is 2.40. The smallest absolute Gasteiger partial charge is 0.256 e. The first-order valence-corrected chi connectivity index (χ1v) is 4.31. The molecule has 1 aromatic carbocycles. The van der Waals surface area contributed by atoms with E-state index < -0.39 is 0 Å². The lowest BCUT2D eigenvalue weighted by molar-refractivity contribution is -0.110. The van der Waals surface area contributed by atoms with Gasteiger partial charge >= 0.3 is 0 Å². The van der Waals surface area contributed by atoms with Crippen LogP contribution in [0.15, 0.2) is 24.3 Å². The van der Waals surface area contributed by atoms with Gasteiger partial charge in [0.2, 0.25) is 0 Å². The van der Waals surface area contributed by atoms with Gasteiger partial charge in [-0.3, -0.25) is 4.79 Å². The lowest BCUT2D eigenvalue weighted by Gasteiger charge is -1.98. The Morgan fingerprint density at radius 3 is 2.85 bits per heavy atom. The van der Waals surface area contributed by atoms with Crippen molar-refractivity contribution in [3.8, 4) is 0 Å². The molecule has 2 heteroatoms. The molecule has 0 bridgehead atoms. The molecule has 13 heavy (non-hydrogen) atoms. The highest BCUT2D eigenvalue weighted by Crippen LogP contribution is 2.31. The minimum atomic E-state index is 0.00287. The molecule has 0 fully saturated rings. The van der Waals surface area contributed by atoms with Gasteiger partial charge in [-0.25, -0.2) is 0 Å². The Morgan fingerprint density at radius 1 is 1.38 bits per heavy atom. The van der Waals surface area contributed by atoms with E-state index >= 15 is 0 Å². The van der Waals surface area contributed by atoms with E-state index in [0.717, 1.165) is 16.8 Å².